The smallest absolute Gasteiger partial charge is 0.308 e. The molecule has 2 aromatic rings. The number of nitrogens with zero attached hydrogens (tertiary/aromatic N) is 3. The summed E-state index contributed by atoms with van der Waals surface area (Å²) in [5.41, 5.74) is 1.96. The van der Waals surface area contributed by atoms with Crippen molar-refractivity contribution < 1.29 is 14.3 Å². The topological polar surface area (TPSA) is 64.4 Å². The first-order valence-electron chi connectivity index (χ1n) is 7.74. The van der Waals surface area contributed by atoms with Crippen LogP contribution in [0.3, 0.4) is 0 Å². The first-order valence-corrected chi connectivity index (χ1v) is 7.74. The highest BCUT2D eigenvalue weighted by Crippen LogP contribution is 2.33. The van der Waals surface area contributed by atoms with E-state index < -0.39 is 0 Å². The summed E-state index contributed by atoms with van der Waals surface area (Å²) in [7, 11) is 1.84. The average molecular weight is 325 g/mol. The minimum Gasteiger partial charge on any atom is -0.457 e. The second-order valence-corrected chi connectivity index (χ2v) is 5.71. The summed E-state index contributed by atoms with van der Waals surface area (Å²) in [5.74, 6) is 0.206. The molecule has 2 heterocycles. The lowest BCUT2D eigenvalue weighted by Gasteiger charge is -2.32. The van der Waals surface area contributed by atoms with Crippen LogP contribution in [0.15, 0.2) is 42.9 Å². The molecule has 0 saturated carbocycles. The first kappa shape index (κ1) is 16.0. The predicted octanol–water partition coefficient (Wildman–Crippen LogP) is 2.43. The van der Waals surface area contributed by atoms with Gasteiger partial charge in [0.2, 0.25) is 5.91 Å². The van der Waals surface area contributed by atoms with Gasteiger partial charge < -0.3 is 14.2 Å². The number of aryl methyl sites for hydroxylation is 1. The van der Waals surface area contributed by atoms with Crippen LogP contribution in [0.5, 0.6) is 0 Å². The summed E-state index contributed by atoms with van der Waals surface area (Å²) >= 11 is 0. The molecule has 0 unspecified atom stereocenters. The van der Waals surface area contributed by atoms with E-state index in [0.717, 1.165) is 11.1 Å². The van der Waals surface area contributed by atoms with E-state index in [4.69, 9.17) is 4.74 Å². The third kappa shape index (κ3) is 3.22. The van der Waals surface area contributed by atoms with Gasteiger partial charge in [-0.05, 0) is 17.2 Å². The summed E-state index contributed by atoms with van der Waals surface area (Å²) in [6.07, 6.45) is 7.16. The lowest BCUT2D eigenvalue weighted by atomic mass is 9.94. The lowest BCUT2D eigenvalue weighted by Crippen LogP contribution is -2.32. The maximum absolute atomic E-state index is 12.3. The number of esters is 1. The molecule has 1 aromatic heterocycles. The van der Waals surface area contributed by atoms with Gasteiger partial charge in [0.25, 0.3) is 0 Å². The predicted molar refractivity (Wildman–Crippen MR) is 88.4 cm³/mol. The molecule has 3 rings (SSSR count). The molecule has 0 radical (unpaired) electrons. The maximum atomic E-state index is 12.3. The Kier molecular flexibility index (Phi) is 4.46. The van der Waals surface area contributed by atoms with Crippen LogP contribution in [0.2, 0.25) is 0 Å². The van der Waals surface area contributed by atoms with Gasteiger partial charge in [0.05, 0.1) is 12.5 Å². The number of imidazole rings is 1. The van der Waals surface area contributed by atoms with E-state index in [0.29, 0.717) is 5.82 Å². The zero-order valence-electron chi connectivity index (χ0n) is 13.7. The van der Waals surface area contributed by atoms with Gasteiger partial charge >= 0.3 is 5.97 Å². The molecular weight excluding hydrogens is 306 g/mol. The SMILES string of the molecule is CC(=O)N1C=Cc2ccccc2[C@@H]1CC(=O)OCc1nccn1C. The number of hydrogen-bond acceptors (Lipinski definition) is 4. The Morgan fingerprint density at radius 1 is 1.29 bits per heavy atom. The zero-order chi connectivity index (χ0) is 17.1. The highest BCUT2D eigenvalue weighted by molar-refractivity contribution is 5.80. The van der Waals surface area contributed by atoms with Gasteiger partial charge in [0.15, 0.2) is 0 Å². The summed E-state index contributed by atoms with van der Waals surface area (Å²) in [6.45, 7) is 1.61. The highest BCUT2D eigenvalue weighted by Gasteiger charge is 2.28. The number of carbonyl (C=O) groups excluding carboxylic acids is 2. The largest absolute Gasteiger partial charge is 0.457 e. The Morgan fingerprint density at radius 2 is 2.08 bits per heavy atom. The number of aromatic nitrogens is 2. The van der Waals surface area contributed by atoms with Gasteiger partial charge in [-0.3, -0.25) is 9.59 Å². The summed E-state index contributed by atoms with van der Waals surface area (Å²) in [4.78, 5) is 29.9. The molecule has 0 aliphatic carbocycles. The summed E-state index contributed by atoms with van der Waals surface area (Å²) in [6, 6.07) is 7.39. The molecule has 24 heavy (non-hydrogen) atoms. The van der Waals surface area contributed by atoms with Gasteiger partial charge in [-0.25, -0.2) is 4.98 Å². The Bertz CT molecular complexity index is 794. The summed E-state index contributed by atoms with van der Waals surface area (Å²) < 4.78 is 7.13. The minimum atomic E-state index is -0.362. The van der Waals surface area contributed by atoms with Crippen LogP contribution in [-0.4, -0.2) is 26.3 Å². The van der Waals surface area contributed by atoms with Crippen molar-refractivity contribution in [2.24, 2.45) is 7.05 Å². The van der Waals surface area contributed by atoms with Crippen LogP contribution in [0.1, 0.15) is 36.3 Å². The van der Waals surface area contributed by atoms with Crippen molar-refractivity contribution in [1.29, 1.82) is 0 Å². The number of amides is 1. The highest BCUT2D eigenvalue weighted by atomic mass is 16.5. The fourth-order valence-electron chi connectivity index (χ4n) is 2.81. The number of fused-ring (bicyclic) bond motifs is 1. The van der Waals surface area contributed by atoms with E-state index >= 15 is 0 Å². The van der Waals surface area contributed by atoms with Crippen molar-refractivity contribution in [1.82, 2.24) is 14.5 Å². The van der Waals surface area contributed by atoms with E-state index in [-0.39, 0.29) is 30.9 Å². The average Bonchev–Trinajstić information content (AvgIpc) is 2.98. The Labute approximate surface area is 140 Å². The molecule has 6 nitrogen and oxygen atoms in total. The van der Waals surface area contributed by atoms with Gasteiger partial charge in [-0.2, -0.15) is 0 Å². The second kappa shape index (κ2) is 6.70. The molecule has 1 aromatic carbocycles. The maximum Gasteiger partial charge on any atom is 0.308 e. The minimum absolute atomic E-state index is 0.103. The fraction of sp³-hybridized carbons (Fsp3) is 0.278. The molecule has 1 aliphatic rings. The number of ether oxygens (including phenoxy) is 1. The fourth-order valence-corrected chi connectivity index (χ4v) is 2.81. The van der Waals surface area contributed by atoms with Crippen molar-refractivity contribution >= 4 is 18.0 Å². The molecule has 1 amide bonds. The van der Waals surface area contributed by atoms with Crippen LogP contribution in [-0.2, 0) is 28.0 Å². The molecule has 6 heteroatoms. The quantitative estimate of drug-likeness (QED) is 0.810. The molecule has 1 aliphatic heterocycles. The number of hydrogen-bond donors (Lipinski definition) is 0. The third-order valence-electron chi connectivity index (χ3n) is 4.11. The molecule has 0 N–H and O–H groups in total. The van der Waals surface area contributed by atoms with E-state index in [1.807, 2.05) is 37.4 Å². The number of benzene rings is 1. The van der Waals surface area contributed by atoms with E-state index in [1.165, 1.54) is 6.92 Å². The Morgan fingerprint density at radius 3 is 2.79 bits per heavy atom. The van der Waals surface area contributed by atoms with Crippen molar-refractivity contribution in [2.75, 3.05) is 0 Å². The number of carbonyl (C=O) groups is 2. The van der Waals surface area contributed by atoms with Crippen molar-refractivity contribution in [3.8, 4) is 0 Å². The Balaban J connectivity index is 1.73. The second-order valence-electron chi connectivity index (χ2n) is 5.71. The normalized spacial score (nSPS) is 15.9. The van der Waals surface area contributed by atoms with Crippen molar-refractivity contribution in [3.63, 3.8) is 0 Å². The monoisotopic (exact) mass is 325 g/mol. The van der Waals surface area contributed by atoms with E-state index in [2.05, 4.69) is 4.98 Å². The van der Waals surface area contributed by atoms with E-state index in [1.54, 1.807) is 28.1 Å². The molecule has 0 fully saturated rings. The molecule has 0 saturated heterocycles. The lowest BCUT2D eigenvalue weighted by molar-refractivity contribution is -0.147. The van der Waals surface area contributed by atoms with Crippen molar-refractivity contribution in [3.05, 3.63) is 59.8 Å². The molecular formula is C18H19N3O3. The van der Waals surface area contributed by atoms with Gasteiger partial charge in [-0.1, -0.05) is 24.3 Å². The number of rotatable bonds is 4. The van der Waals surface area contributed by atoms with Gasteiger partial charge in [-0.15, -0.1) is 0 Å². The van der Waals surface area contributed by atoms with E-state index in [9.17, 15) is 9.59 Å². The van der Waals surface area contributed by atoms with Crippen LogP contribution in [0.4, 0.5) is 0 Å². The van der Waals surface area contributed by atoms with Crippen LogP contribution >= 0.6 is 0 Å². The van der Waals surface area contributed by atoms with Crippen LogP contribution in [0.25, 0.3) is 6.08 Å². The molecule has 124 valence electrons. The van der Waals surface area contributed by atoms with Crippen LogP contribution in [0, 0.1) is 0 Å². The van der Waals surface area contributed by atoms with Gasteiger partial charge in [0.1, 0.15) is 12.4 Å². The third-order valence-corrected chi connectivity index (χ3v) is 4.11. The molecule has 1 atom stereocenters. The standard InChI is InChI=1S/C18H19N3O3/c1-13(22)21-9-7-14-5-3-4-6-15(14)16(21)11-18(23)24-12-17-19-8-10-20(17)2/h3-10,16H,11-12H2,1-2H3/t16-/m0/s1. The van der Waals surface area contributed by atoms with Crippen molar-refractivity contribution in [2.45, 2.75) is 26.0 Å². The molecule has 0 spiro atoms. The van der Waals surface area contributed by atoms with Crippen LogP contribution < -0.4 is 0 Å². The summed E-state index contributed by atoms with van der Waals surface area (Å²) in [5, 5.41) is 0. The molecule has 0 bridgehead atoms. The Hall–Kier alpha value is -2.89. The zero-order valence-corrected chi connectivity index (χ0v) is 13.7. The van der Waals surface area contributed by atoms with Gasteiger partial charge in [0, 0.05) is 32.6 Å². The first-order chi connectivity index (χ1) is 11.6.